The molecule has 1 aromatic carbocycles. The molecule has 1 fully saturated rings. The molecule has 1 amide bonds. The Bertz CT molecular complexity index is 812. The summed E-state index contributed by atoms with van der Waals surface area (Å²) < 4.78 is 44.1. The van der Waals surface area contributed by atoms with Crippen LogP contribution in [0.4, 0.5) is 13.2 Å². The van der Waals surface area contributed by atoms with Crippen LogP contribution in [0.5, 0.6) is 0 Å². The highest BCUT2D eigenvalue weighted by atomic mass is 19.4. The number of carboxylic acid groups (broad SMARTS) is 1. The van der Waals surface area contributed by atoms with E-state index >= 15 is 0 Å². The van der Waals surface area contributed by atoms with Gasteiger partial charge in [0.1, 0.15) is 5.76 Å². The largest absolute Gasteiger partial charge is 0.475 e. The molecular formula is C17H14F3NO4. The number of benzene rings is 1. The fourth-order valence-electron chi connectivity index (χ4n) is 2.80. The Morgan fingerprint density at radius 3 is 2.56 bits per heavy atom. The number of furan rings is 1. The number of hydrogen-bond acceptors (Lipinski definition) is 3. The molecule has 2 atom stereocenters. The molecule has 1 aliphatic rings. The van der Waals surface area contributed by atoms with Gasteiger partial charge in [-0.1, -0.05) is 18.2 Å². The highest BCUT2D eigenvalue weighted by Crippen LogP contribution is 2.51. The molecule has 3 rings (SSSR count). The number of nitrogens with one attached hydrogen (secondary N) is 1. The minimum atomic E-state index is -4.46. The van der Waals surface area contributed by atoms with Crippen molar-refractivity contribution < 1.29 is 32.3 Å². The zero-order chi connectivity index (χ0) is 18.2. The fourth-order valence-corrected chi connectivity index (χ4v) is 2.80. The smallest absolute Gasteiger partial charge is 0.416 e. The Labute approximate surface area is 140 Å². The van der Waals surface area contributed by atoms with E-state index in [-0.39, 0.29) is 29.5 Å². The van der Waals surface area contributed by atoms with E-state index in [0.717, 1.165) is 6.07 Å². The molecule has 132 valence electrons. The lowest BCUT2D eigenvalue weighted by atomic mass is 10.0. The van der Waals surface area contributed by atoms with Crippen molar-refractivity contribution in [2.75, 3.05) is 0 Å². The van der Waals surface area contributed by atoms with Crippen LogP contribution in [0.25, 0.3) is 0 Å². The van der Waals surface area contributed by atoms with Crippen LogP contribution in [0.1, 0.15) is 39.8 Å². The van der Waals surface area contributed by atoms with Gasteiger partial charge in [-0.2, -0.15) is 13.2 Å². The number of carbonyl (C=O) groups is 2. The van der Waals surface area contributed by atoms with Crippen LogP contribution < -0.4 is 5.32 Å². The monoisotopic (exact) mass is 353 g/mol. The van der Waals surface area contributed by atoms with Crippen molar-refractivity contribution in [1.82, 2.24) is 5.32 Å². The fraction of sp³-hybridized carbons (Fsp3) is 0.294. The van der Waals surface area contributed by atoms with Crippen molar-refractivity contribution in [3.05, 3.63) is 59.0 Å². The highest BCUT2D eigenvalue weighted by molar-refractivity contribution is 5.84. The van der Waals surface area contributed by atoms with Gasteiger partial charge in [0, 0.05) is 5.92 Å². The molecule has 2 aromatic rings. The second-order valence-corrected chi connectivity index (χ2v) is 5.82. The topological polar surface area (TPSA) is 79.5 Å². The molecule has 8 heteroatoms. The number of carboxylic acids is 1. The summed E-state index contributed by atoms with van der Waals surface area (Å²) in [5, 5.41) is 11.3. The summed E-state index contributed by atoms with van der Waals surface area (Å²) in [6, 6.07) is 7.94. The number of hydrogen-bond donors (Lipinski definition) is 2. The summed E-state index contributed by atoms with van der Waals surface area (Å²) in [6.45, 7) is -0.0176. The highest BCUT2D eigenvalue weighted by Gasteiger charge is 2.47. The summed E-state index contributed by atoms with van der Waals surface area (Å²) >= 11 is 0. The van der Waals surface area contributed by atoms with Gasteiger partial charge in [-0.15, -0.1) is 0 Å². The van der Waals surface area contributed by atoms with E-state index in [1.807, 2.05) is 0 Å². The summed E-state index contributed by atoms with van der Waals surface area (Å²) in [7, 11) is 0. The molecule has 2 unspecified atom stereocenters. The predicted octanol–water partition coefficient (Wildman–Crippen LogP) is 3.42. The lowest BCUT2D eigenvalue weighted by Crippen LogP contribution is -2.24. The third kappa shape index (κ3) is 3.67. The molecule has 0 radical (unpaired) electrons. The average Bonchev–Trinajstić information content (AvgIpc) is 3.21. The van der Waals surface area contributed by atoms with Gasteiger partial charge in [0.2, 0.25) is 11.7 Å². The van der Waals surface area contributed by atoms with Crippen LogP contribution in [0.3, 0.4) is 0 Å². The minimum absolute atomic E-state index is 0.0176. The van der Waals surface area contributed by atoms with Crippen molar-refractivity contribution >= 4 is 11.9 Å². The molecule has 0 saturated heterocycles. The summed E-state index contributed by atoms with van der Waals surface area (Å²) in [4.78, 5) is 22.8. The molecule has 0 bridgehead atoms. The van der Waals surface area contributed by atoms with Gasteiger partial charge >= 0.3 is 12.1 Å². The standard InChI is InChI=1S/C17H14F3NO4/c18-17(19,20)13-4-2-1-3-10(13)11-7-12(11)15(22)21-8-9-5-6-14(25-9)16(23)24/h1-6,11-12H,7-8H2,(H,21,22)(H,23,24). The molecule has 0 aliphatic heterocycles. The van der Waals surface area contributed by atoms with E-state index in [9.17, 15) is 22.8 Å². The number of alkyl halides is 3. The van der Waals surface area contributed by atoms with Gasteiger partial charge in [0.05, 0.1) is 12.1 Å². The number of carbonyl (C=O) groups excluding carboxylic acids is 1. The number of aromatic carboxylic acids is 1. The van der Waals surface area contributed by atoms with Crippen LogP contribution in [0.2, 0.25) is 0 Å². The zero-order valence-corrected chi connectivity index (χ0v) is 12.8. The second kappa shape index (κ2) is 6.27. The normalized spacial score (nSPS) is 19.5. The molecule has 1 aliphatic carbocycles. The number of halogens is 3. The van der Waals surface area contributed by atoms with Crippen LogP contribution in [0, 0.1) is 5.92 Å². The summed E-state index contributed by atoms with van der Waals surface area (Å²) in [6.07, 6.45) is -4.11. The Kier molecular flexibility index (Phi) is 4.28. The Morgan fingerprint density at radius 1 is 1.20 bits per heavy atom. The van der Waals surface area contributed by atoms with E-state index in [0.29, 0.717) is 6.42 Å². The van der Waals surface area contributed by atoms with Crippen LogP contribution >= 0.6 is 0 Å². The minimum Gasteiger partial charge on any atom is -0.475 e. The Morgan fingerprint density at radius 2 is 1.92 bits per heavy atom. The SMILES string of the molecule is O=C(O)c1ccc(CNC(=O)C2CC2c2ccccc2C(F)(F)F)o1. The van der Waals surface area contributed by atoms with E-state index in [1.165, 1.54) is 30.3 Å². The van der Waals surface area contributed by atoms with E-state index in [1.54, 1.807) is 0 Å². The van der Waals surface area contributed by atoms with Crippen LogP contribution in [0.15, 0.2) is 40.8 Å². The van der Waals surface area contributed by atoms with Crippen molar-refractivity contribution in [3.8, 4) is 0 Å². The summed E-state index contributed by atoms with van der Waals surface area (Å²) in [5.74, 6) is -2.58. The molecule has 1 heterocycles. The predicted molar refractivity (Wildman–Crippen MR) is 79.8 cm³/mol. The maximum atomic E-state index is 13.0. The first-order chi connectivity index (χ1) is 11.8. The van der Waals surface area contributed by atoms with Crippen molar-refractivity contribution in [3.63, 3.8) is 0 Å². The Hall–Kier alpha value is -2.77. The second-order valence-electron chi connectivity index (χ2n) is 5.82. The van der Waals surface area contributed by atoms with Gasteiger partial charge in [-0.3, -0.25) is 4.79 Å². The van der Waals surface area contributed by atoms with Gasteiger partial charge < -0.3 is 14.8 Å². The molecule has 25 heavy (non-hydrogen) atoms. The van der Waals surface area contributed by atoms with Crippen molar-refractivity contribution in [2.24, 2.45) is 5.92 Å². The quantitative estimate of drug-likeness (QED) is 0.863. The molecule has 5 nitrogen and oxygen atoms in total. The first kappa shape index (κ1) is 17.1. The molecular weight excluding hydrogens is 339 g/mol. The lowest BCUT2D eigenvalue weighted by molar-refractivity contribution is -0.138. The van der Waals surface area contributed by atoms with Crippen molar-refractivity contribution in [1.29, 1.82) is 0 Å². The van der Waals surface area contributed by atoms with E-state index in [2.05, 4.69) is 5.32 Å². The molecule has 1 aromatic heterocycles. The first-order valence-electron chi connectivity index (χ1n) is 7.53. The summed E-state index contributed by atoms with van der Waals surface area (Å²) in [5.41, 5.74) is -0.589. The maximum absolute atomic E-state index is 13.0. The van der Waals surface area contributed by atoms with Gasteiger partial charge in [0.15, 0.2) is 0 Å². The van der Waals surface area contributed by atoms with Crippen LogP contribution in [-0.2, 0) is 17.5 Å². The third-order valence-electron chi connectivity index (χ3n) is 4.10. The van der Waals surface area contributed by atoms with Crippen molar-refractivity contribution in [2.45, 2.75) is 25.1 Å². The number of amides is 1. The van der Waals surface area contributed by atoms with Gasteiger partial charge in [0.25, 0.3) is 0 Å². The third-order valence-corrected chi connectivity index (χ3v) is 4.10. The zero-order valence-electron chi connectivity index (χ0n) is 12.8. The maximum Gasteiger partial charge on any atom is 0.416 e. The Balaban J connectivity index is 1.62. The van der Waals surface area contributed by atoms with E-state index in [4.69, 9.17) is 9.52 Å². The molecule has 2 N–H and O–H groups in total. The average molecular weight is 353 g/mol. The van der Waals surface area contributed by atoms with Gasteiger partial charge in [-0.05, 0) is 36.1 Å². The lowest BCUT2D eigenvalue weighted by Gasteiger charge is -2.12. The first-order valence-corrected chi connectivity index (χ1v) is 7.53. The van der Waals surface area contributed by atoms with Gasteiger partial charge in [-0.25, -0.2) is 4.79 Å². The number of rotatable bonds is 5. The molecule has 1 saturated carbocycles. The van der Waals surface area contributed by atoms with Crippen LogP contribution in [-0.4, -0.2) is 17.0 Å². The van der Waals surface area contributed by atoms with E-state index < -0.39 is 29.5 Å². The molecule has 0 spiro atoms.